The standard InChI is InChI=1S/C20H14Cl2N8OS/c21-13-5-1-11(2-6-13)15(9-23)17(27-28-19-26-20(32)29-30(19)25)18(31)16(10-24)12-3-7-14(22)8-4-12/h1-8,15-16H,25H2,(H2,26,28,29,32)/b27-17+/t15-,16+/m1/s1. The summed E-state index contributed by atoms with van der Waals surface area (Å²) in [6.07, 6.45) is 0. The van der Waals surface area contributed by atoms with E-state index < -0.39 is 17.6 Å². The highest BCUT2D eigenvalue weighted by atomic mass is 35.5. The monoisotopic (exact) mass is 484 g/mol. The number of carbonyl (C=O) groups is 1. The van der Waals surface area contributed by atoms with Gasteiger partial charge in [-0.3, -0.25) is 9.89 Å². The number of nitrogen functional groups attached to an aromatic ring is 1. The molecule has 0 aliphatic carbocycles. The number of H-pyrrole nitrogens is 1. The molecular formula is C20H14Cl2N8OS. The largest absolute Gasteiger partial charge is 0.321 e. The van der Waals surface area contributed by atoms with E-state index in [1.807, 2.05) is 6.07 Å². The fourth-order valence-corrected chi connectivity index (χ4v) is 3.26. The summed E-state index contributed by atoms with van der Waals surface area (Å²) in [6, 6.07) is 16.7. The van der Waals surface area contributed by atoms with Crippen LogP contribution in [0.2, 0.25) is 10.0 Å². The summed E-state index contributed by atoms with van der Waals surface area (Å²) >= 11 is 16.8. The fourth-order valence-electron chi connectivity index (χ4n) is 2.82. The minimum atomic E-state index is -1.23. The van der Waals surface area contributed by atoms with E-state index in [0.29, 0.717) is 21.2 Å². The molecule has 0 aliphatic heterocycles. The fraction of sp³-hybridized carbons (Fsp3) is 0.100. The smallest absolute Gasteiger partial charge is 0.261 e. The number of hydrazone groups is 1. The molecule has 1 heterocycles. The molecule has 0 unspecified atom stereocenters. The molecule has 2 atom stereocenters. The van der Waals surface area contributed by atoms with Gasteiger partial charge in [-0.1, -0.05) is 47.5 Å². The number of nitrogens with one attached hydrogen (secondary N) is 2. The van der Waals surface area contributed by atoms with Gasteiger partial charge in [0.2, 0.25) is 10.6 Å². The highest BCUT2D eigenvalue weighted by Gasteiger charge is 2.32. The van der Waals surface area contributed by atoms with Crippen LogP contribution in [0.25, 0.3) is 0 Å². The molecule has 32 heavy (non-hydrogen) atoms. The lowest BCUT2D eigenvalue weighted by molar-refractivity contribution is -0.113. The van der Waals surface area contributed by atoms with E-state index >= 15 is 0 Å². The number of ketones is 1. The van der Waals surface area contributed by atoms with E-state index in [2.05, 4.69) is 26.7 Å². The zero-order valence-corrected chi connectivity index (χ0v) is 18.5. The van der Waals surface area contributed by atoms with E-state index in [-0.39, 0.29) is 16.4 Å². The molecule has 0 spiro atoms. The molecule has 0 saturated heterocycles. The van der Waals surface area contributed by atoms with Crippen molar-refractivity contribution in [1.29, 1.82) is 10.5 Å². The second-order valence-electron chi connectivity index (χ2n) is 6.42. The summed E-state index contributed by atoms with van der Waals surface area (Å²) in [7, 11) is 0. The van der Waals surface area contributed by atoms with E-state index in [1.165, 1.54) is 0 Å². The molecule has 1 aromatic heterocycles. The Morgan fingerprint density at radius 3 is 2.00 bits per heavy atom. The summed E-state index contributed by atoms with van der Waals surface area (Å²) in [5.41, 5.74) is 3.19. The van der Waals surface area contributed by atoms with Gasteiger partial charge in [-0.15, -0.1) is 0 Å². The van der Waals surface area contributed by atoms with Gasteiger partial charge in [-0.2, -0.15) is 25.4 Å². The van der Waals surface area contributed by atoms with Crippen molar-refractivity contribution in [2.24, 2.45) is 5.10 Å². The predicted molar refractivity (Wildman–Crippen MR) is 123 cm³/mol. The molecule has 0 fully saturated rings. The molecule has 9 nitrogen and oxygen atoms in total. The first-order chi connectivity index (χ1) is 15.3. The number of carbonyl (C=O) groups excluding carboxylic acids is 1. The van der Waals surface area contributed by atoms with Crippen LogP contribution in [0.1, 0.15) is 23.0 Å². The predicted octanol–water partition coefficient (Wildman–Crippen LogP) is 3.91. The Bertz CT molecular complexity index is 1300. The van der Waals surface area contributed by atoms with Crippen LogP contribution in [-0.4, -0.2) is 26.4 Å². The van der Waals surface area contributed by atoms with Gasteiger partial charge in [0.25, 0.3) is 5.95 Å². The third-order valence-electron chi connectivity index (χ3n) is 4.38. The third-order valence-corrected chi connectivity index (χ3v) is 5.07. The van der Waals surface area contributed by atoms with Gasteiger partial charge in [-0.25, -0.2) is 5.43 Å². The first-order valence-electron chi connectivity index (χ1n) is 8.96. The quantitative estimate of drug-likeness (QED) is 0.199. The number of hydrogen-bond donors (Lipinski definition) is 3. The Balaban J connectivity index is 2.07. The second-order valence-corrected chi connectivity index (χ2v) is 7.68. The molecule has 0 aliphatic rings. The molecule has 0 amide bonds. The molecule has 2 aromatic carbocycles. The summed E-state index contributed by atoms with van der Waals surface area (Å²) in [5, 5.41) is 27.2. The van der Waals surface area contributed by atoms with Gasteiger partial charge in [0, 0.05) is 10.0 Å². The molecule has 3 aromatic rings. The highest BCUT2D eigenvalue weighted by Crippen LogP contribution is 2.26. The van der Waals surface area contributed by atoms with Crippen LogP contribution in [0.4, 0.5) is 5.95 Å². The number of nitrogens with zero attached hydrogens (tertiary/aromatic N) is 5. The van der Waals surface area contributed by atoms with Gasteiger partial charge in [0.15, 0.2) is 0 Å². The number of benzene rings is 2. The Hall–Kier alpha value is -3.70. The maximum absolute atomic E-state index is 13.4. The number of anilines is 1. The zero-order chi connectivity index (χ0) is 23.3. The Labute approximate surface area is 197 Å². The van der Waals surface area contributed by atoms with E-state index in [0.717, 1.165) is 4.79 Å². The van der Waals surface area contributed by atoms with Crippen LogP contribution >= 0.6 is 35.4 Å². The van der Waals surface area contributed by atoms with Crippen LogP contribution in [0, 0.1) is 27.4 Å². The van der Waals surface area contributed by atoms with E-state index in [4.69, 9.17) is 41.3 Å². The van der Waals surface area contributed by atoms with Crippen molar-refractivity contribution in [3.63, 3.8) is 0 Å². The summed E-state index contributed by atoms with van der Waals surface area (Å²) in [4.78, 5) is 18.3. The number of nitriles is 2. The van der Waals surface area contributed by atoms with Crippen LogP contribution in [0.15, 0.2) is 53.6 Å². The molecule has 0 bridgehead atoms. The Kier molecular flexibility index (Phi) is 7.23. The molecule has 3 rings (SSSR count). The lowest BCUT2D eigenvalue weighted by Crippen LogP contribution is -2.28. The first kappa shape index (κ1) is 23.0. The van der Waals surface area contributed by atoms with Crippen molar-refractivity contribution >= 4 is 52.9 Å². The second kappa shape index (κ2) is 10.1. The Morgan fingerprint density at radius 1 is 1.06 bits per heavy atom. The van der Waals surface area contributed by atoms with Gasteiger partial charge in [0.05, 0.1) is 12.1 Å². The molecule has 160 valence electrons. The lowest BCUT2D eigenvalue weighted by Gasteiger charge is -2.16. The maximum Gasteiger partial charge on any atom is 0.261 e. The SMILES string of the molecule is N#C[C@H](C(=O)/C(=N/Nc1nc(=S)[nH]n1N)[C@H](C#N)c1ccc(Cl)cc1)c1ccc(Cl)cc1. The van der Waals surface area contributed by atoms with Gasteiger partial charge in [0.1, 0.15) is 17.5 Å². The maximum atomic E-state index is 13.4. The van der Waals surface area contributed by atoms with E-state index in [1.54, 1.807) is 48.5 Å². The normalized spacial score (nSPS) is 12.9. The Morgan fingerprint density at radius 2 is 1.56 bits per heavy atom. The number of aromatic amines is 1. The highest BCUT2D eigenvalue weighted by molar-refractivity contribution is 7.71. The molecular weight excluding hydrogens is 471 g/mol. The van der Waals surface area contributed by atoms with Crippen molar-refractivity contribution in [2.45, 2.75) is 11.8 Å². The number of Topliss-reactive ketones (excluding diaryl/α,β-unsaturated/α-hetero) is 1. The molecule has 0 radical (unpaired) electrons. The van der Waals surface area contributed by atoms with Crippen molar-refractivity contribution in [2.75, 3.05) is 11.3 Å². The van der Waals surface area contributed by atoms with Crippen LogP contribution in [-0.2, 0) is 4.79 Å². The number of halogens is 2. The number of nitrogens with two attached hydrogens (primary N) is 1. The van der Waals surface area contributed by atoms with E-state index in [9.17, 15) is 15.3 Å². The topological polar surface area (TPSA) is 149 Å². The number of aromatic nitrogens is 3. The zero-order valence-electron chi connectivity index (χ0n) is 16.2. The first-order valence-corrected chi connectivity index (χ1v) is 10.1. The number of hydrogen-bond acceptors (Lipinski definition) is 8. The van der Waals surface area contributed by atoms with Crippen molar-refractivity contribution in [1.82, 2.24) is 14.9 Å². The molecule has 0 saturated carbocycles. The van der Waals surface area contributed by atoms with Crippen molar-refractivity contribution in [3.8, 4) is 12.1 Å². The van der Waals surface area contributed by atoms with Crippen molar-refractivity contribution in [3.05, 3.63) is 74.5 Å². The minimum absolute atomic E-state index is 0.00750. The lowest BCUT2D eigenvalue weighted by atomic mass is 9.86. The summed E-state index contributed by atoms with van der Waals surface area (Å²) < 4.78 is 0.0867. The van der Waals surface area contributed by atoms with Crippen LogP contribution in [0.5, 0.6) is 0 Å². The summed E-state index contributed by atoms with van der Waals surface area (Å²) in [6.45, 7) is 0. The van der Waals surface area contributed by atoms with Gasteiger partial charge < -0.3 is 5.84 Å². The third kappa shape index (κ3) is 5.13. The average Bonchev–Trinajstić information content (AvgIpc) is 3.10. The molecule has 12 heteroatoms. The summed E-state index contributed by atoms with van der Waals surface area (Å²) in [5.74, 6) is 2.70. The van der Waals surface area contributed by atoms with Gasteiger partial charge >= 0.3 is 0 Å². The van der Waals surface area contributed by atoms with Crippen molar-refractivity contribution < 1.29 is 4.79 Å². The van der Waals surface area contributed by atoms with Gasteiger partial charge in [-0.05, 0) is 47.6 Å². The number of rotatable bonds is 7. The van der Waals surface area contributed by atoms with Crippen LogP contribution in [0.3, 0.4) is 0 Å². The molecule has 4 N–H and O–H groups in total. The minimum Gasteiger partial charge on any atom is -0.321 e. The average molecular weight is 485 g/mol. The van der Waals surface area contributed by atoms with Crippen LogP contribution < -0.4 is 11.3 Å².